The van der Waals surface area contributed by atoms with E-state index >= 15 is 0 Å². The molecule has 0 unspecified atom stereocenters. The van der Waals surface area contributed by atoms with Gasteiger partial charge in [0.1, 0.15) is 5.82 Å². The Morgan fingerprint density at radius 3 is 2.85 bits per heavy atom. The molecule has 1 heterocycles. The summed E-state index contributed by atoms with van der Waals surface area (Å²) in [6.07, 6.45) is 4.73. The highest BCUT2D eigenvalue weighted by Gasteiger charge is 1.98. The van der Waals surface area contributed by atoms with Crippen molar-refractivity contribution in [1.82, 2.24) is 9.97 Å². The summed E-state index contributed by atoms with van der Waals surface area (Å²) in [5, 5.41) is 0. The quantitative estimate of drug-likeness (QED) is 0.659. The van der Waals surface area contributed by atoms with Gasteiger partial charge in [0.05, 0.1) is 11.9 Å². The summed E-state index contributed by atoms with van der Waals surface area (Å²) in [5.74, 6) is -0.317. The van der Waals surface area contributed by atoms with Gasteiger partial charge in [0.2, 0.25) is 0 Å². The smallest absolute Gasteiger partial charge is 0.124 e. The lowest BCUT2D eigenvalue weighted by Gasteiger charge is -1.97. The molecule has 0 saturated heterocycles. The number of benzene rings is 1. The molecular formula is C10H6FN2. The first-order valence-electron chi connectivity index (χ1n) is 3.79. The van der Waals surface area contributed by atoms with Gasteiger partial charge in [-0.05, 0) is 24.3 Å². The molecule has 1 aromatic carbocycles. The monoisotopic (exact) mass is 173 g/mol. The molecule has 0 saturated carbocycles. The summed E-state index contributed by atoms with van der Waals surface area (Å²) in [6.45, 7) is 0. The fourth-order valence-corrected chi connectivity index (χ4v) is 1.04. The molecule has 1 aromatic heterocycles. The van der Waals surface area contributed by atoms with Crippen LogP contribution in [0.15, 0.2) is 36.8 Å². The van der Waals surface area contributed by atoms with Gasteiger partial charge in [-0.2, -0.15) is 0 Å². The van der Waals surface area contributed by atoms with Crippen LogP contribution in [-0.2, 0) is 0 Å². The number of hydrogen-bond acceptors (Lipinski definition) is 2. The molecule has 1 radical (unpaired) electrons. The molecule has 2 rings (SSSR count). The third kappa shape index (κ3) is 1.69. The van der Waals surface area contributed by atoms with E-state index in [1.807, 2.05) is 0 Å². The van der Waals surface area contributed by atoms with Crippen molar-refractivity contribution in [2.75, 3.05) is 0 Å². The normalized spacial score (nSPS) is 9.92. The molecule has 13 heavy (non-hydrogen) atoms. The van der Waals surface area contributed by atoms with Crippen molar-refractivity contribution in [1.29, 1.82) is 0 Å². The van der Waals surface area contributed by atoms with Crippen molar-refractivity contribution in [2.45, 2.75) is 0 Å². The van der Waals surface area contributed by atoms with Crippen molar-refractivity contribution < 1.29 is 4.39 Å². The predicted octanol–water partition coefficient (Wildman–Crippen LogP) is 2.08. The molecule has 0 spiro atoms. The zero-order chi connectivity index (χ0) is 9.10. The van der Waals surface area contributed by atoms with Crippen molar-refractivity contribution in [3.05, 3.63) is 48.7 Å². The van der Waals surface area contributed by atoms with E-state index in [2.05, 4.69) is 16.0 Å². The van der Waals surface area contributed by atoms with E-state index in [1.165, 1.54) is 12.1 Å². The molecule has 0 N–H and O–H groups in total. The minimum Gasteiger partial charge on any atom is -0.261 e. The molecule has 0 amide bonds. The maximum Gasteiger partial charge on any atom is 0.124 e. The van der Waals surface area contributed by atoms with Crippen LogP contribution < -0.4 is 0 Å². The van der Waals surface area contributed by atoms with Gasteiger partial charge in [0.25, 0.3) is 0 Å². The minimum atomic E-state index is -0.317. The Bertz CT molecular complexity index is 401. The SMILES string of the molecule is Fc1c[c]cc(-c2cnccn2)c1. The average Bonchev–Trinajstić information content (AvgIpc) is 2.19. The Morgan fingerprint density at radius 2 is 2.15 bits per heavy atom. The van der Waals surface area contributed by atoms with Crippen molar-refractivity contribution in [3.8, 4) is 11.3 Å². The summed E-state index contributed by atoms with van der Waals surface area (Å²) in [4.78, 5) is 7.93. The van der Waals surface area contributed by atoms with E-state index in [-0.39, 0.29) is 5.82 Å². The molecule has 2 aromatic rings. The third-order valence-electron chi connectivity index (χ3n) is 1.61. The van der Waals surface area contributed by atoms with Gasteiger partial charge in [0.15, 0.2) is 0 Å². The van der Waals surface area contributed by atoms with Crippen LogP contribution in [0.25, 0.3) is 11.3 Å². The van der Waals surface area contributed by atoms with Gasteiger partial charge in [-0.25, -0.2) is 4.39 Å². The van der Waals surface area contributed by atoms with Crippen LogP contribution in [0.1, 0.15) is 0 Å². The maximum absolute atomic E-state index is 12.8. The zero-order valence-electron chi connectivity index (χ0n) is 6.74. The lowest BCUT2D eigenvalue weighted by Crippen LogP contribution is -1.84. The Labute approximate surface area is 75.1 Å². The Kier molecular flexibility index (Phi) is 2.00. The van der Waals surface area contributed by atoms with Gasteiger partial charge >= 0.3 is 0 Å². The molecule has 2 nitrogen and oxygen atoms in total. The van der Waals surface area contributed by atoms with E-state index in [9.17, 15) is 4.39 Å². The molecule has 0 aliphatic heterocycles. The molecule has 0 atom stereocenters. The zero-order valence-corrected chi connectivity index (χ0v) is 6.74. The van der Waals surface area contributed by atoms with E-state index in [1.54, 1.807) is 24.7 Å². The average molecular weight is 173 g/mol. The number of nitrogens with zero attached hydrogens (tertiary/aromatic N) is 2. The lowest BCUT2D eigenvalue weighted by atomic mass is 10.1. The van der Waals surface area contributed by atoms with Gasteiger partial charge in [-0.3, -0.25) is 9.97 Å². The van der Waals surface area contributed by atoms with Gasteiger partial charge < -0.3 is 0 Å². The van der Waals surface area contributed by atoms with Crippen LogP contribution in [0.2, 0.25) is 0 Å². The largest absolute Gasteiger partial charge is 0.261 e. The summed E-state index contributed by atoms with van der Waals surface area (Å²) >= 11 is 0. The molecule has 0 aliphatic rings. The van der Waals surface area contributed by atoms with Crippen LogP contribution in [0, 0.1) is 11.9 Å². The van der Waals surface area contributed by atoms with Crippen LogP contribution >= 0.6 is 0 Å². The van der Waals surface area contributed by atoms with E-state index in [0.717, 1.165) is 0 Å². The Hall–Kier alpha value is -1.77. The molecular weight excluding hydrogens is 167 g/mol. The molecule has 0 aliphatic carbocycles. The maximum atomic E-state index is 12.8. The third-order valence-corrected chi connectivity index (χ3v) is 1.61. The van der Waals surface area contributed by atoms with Crippen molar-refractivity contribution in [2.24, 2.45) is 0 Å². The van der Waals surface area contributed by atoms with Crippen molar-refractivity contribution in [3.63, 3.8) is 0 Å². The summed E-state index contributed by atoms with van der Waals surface area (Å²) in [7, 11) is 0. The molecule has 0 fully saturated rings. The van der Waals surface area contributed by atoms with Crippen LogP contribution in [0.3, 0.4) is 0 Å². The number of rotatable bonds is 1. The first-order valence-corrected chi connectivity index (χ1v) is 3.79. The first-order chi connectivity index (χ1) is 6.36. The van der Waals surface area contributed by atoms with E-state index < -0.39 is 0 Å². The summed E-state index contributed by atoms with van der Waals surface area (Å²) in [5.41, 5.74) is 1.34. The highest BCUT2D eigenvalue weighted by Crippen LogP contribution is 2.15. The number of halogens is 1. The lowest BCUT2D eigenvalue weighted by molar-refractivity contribution is 0.628. The molecule has 63 valence electrons. The fraction of sp³-hybridized carbons (Fsp3) is 0. The summed E-state index contributed by atoms with van der Waals surface area (Å²) in [6, 6.07) is 7.04. The van der Waals surface area contributed by atoms with Crippen LogP contribution in [-0.4, -0.2) is 9.97 Å². The number of hydrogen-bond donors (Lipinski definition) is 0. The standard InChI is InChI=1S/C10H6FN2/c11-9-3-1-2-8(6-9)10-7-12-4-5-13-10/h2-7H. The van der Waals surface area contributed by atoms with Gasteiger partial charge in [-0.1, -0.05) is 0 Å². The van der Waals surface area contributed by atoms with E-state index in [0.29, 0.717) is 11.3 Å². The number of aromatic nitrogens is 2. The van der Waals surface area contributed by atoms with E-state index in [4.69, 9.17) is 0 Å². The Balaban J connectivity index is 2.48. The first kappa shape index (κ1) is 7.86. The van der Waals surface area contributed by atoms with Crippen molar-refractivity contribution >= 4 is 0 Å². The second kappa shape index (κ2) is 3.31. The predicted molar refractivity (Wildman–Crippen MR) is 46.3 cm³/mol. The van der Waals surface area contributed by atoms with Crippen LogP contribution in [0.4, 0.5) is 4.39 Å². The molecule has 0 bridgehead atoms. The van der Waals surface area contributed by atoms with Crippen LogP contribution in [0.5, 0.6) is 0 Å². The highest BCUT2D eigenvalue weighted by molar-refractivity contribution is 5.57. The fourth-order valence-electron chi connectivity index (χ4n) is 1.04. The second-order valence-electron chi connectivity index (χ2n) is 2.53. The molecule has 3 heteroatoms. The topological polar surface area (TPSA) is 25.8 Å². The van der Waals surface area contributed by atoms with Gasteiger partial charge in [0, 0.05) is 18.0 Å². The minimum absolute atomic E-state index is 0.317. The van der Waals surface area contributed by atoms with Gasteiger partial charge in [-0.15, -0.1) is 0 Å². The Morgan fingerprint density at radius 1 is 1.23 bits per heavy atom. The second-order valence-corrected chi connectivity index (χ2v) is 2.53. The highest BCUT2D eigenvalue weighted by atomic mass is 19.1. The summed E-state index contributed by atoms with van der Waals surface area (Å²) < 4.78 is 12.8.